The van der Waals surface area contributed by atoms with Crippen LogP contribution in [0.1, 0.15) is 12.1 Å². The molecule has 1 fully saturated rings. The van der Waals surface area contributed by atoms with Gasteiger partial charge in [-0.15, -0.1) is 11.3 Å². The highest BCUT2D eigenvalue weighted by molar-refractivity contribution is 7.13. The lowest BCUT2D eigenvalue weighted by atomic mass is 10.2. The predicted octanol–water partition coefficient (Wildman–Crippen LogP) is 2.28. The van der Waals surface area contributed by atoms with E-state index in [4.69, 9.17) is 5.11 Å². The average molecular weight is 341 g/mol. The van der Waals surface area contributed by atoms with Crippen LogP contribution in [0.25, 0.3) is 0 Å². The van der Waals surface area contributed by atoms with Crippen molar-refractivity contribution in [1.29, 1.82) is 0 Å². The van der Waals surface area contributed by atoms with Gasteiger partial charge in [0.1, 0.15) is 12.2 Å². The molecular formula is C11H11F4N3O3S. The Hall–Kier alpha value is -1.91. The van der Waals surface area contributed by atoms with E-state index in [0.717, 1.165) is 16.7 Å². The van der Waals surface area contributed by atoms with Crippen LogP contribution in [0, 0.1) is 0 Å². The molecule has 1 aliphatic rings. The first-order valence-corrected chi connectivity index (χ1v) is 6.99. The number of hydrogen-bond acceptors (Lipinski definition) is 4. The Kier molecular flexibility index (Phi) is 4.54. The van der Waals surface area contributed by atoms with Gasteiger partial charge in [0, 0.05) is 11.8 Å². The number of rotatable bonds is 3. The molecule has 2 heterocycles. The zero-order chi connectivity index (χ0) is 16.5. The van der Waals surface area contributed by atoms with E-state index in [0.29, 0.717) is 4.90 Å². The van der Waals surface area contributed by atoms with E-state index in [9.17, 15) is 27.2 Å². The number of aromatic nitrogens is 1. The molecule has 6 nitrogen and oxygen atoms in total. The topological polar surface area (TPSA) is 82.5 Å². The number of carbonyl (C=O) groups excluding carboxylic acids is 1. The summed E-state index contributed by atoms with van der Waals surface area (Å²) in [5.74, 6) is -0.810. The summed E-state index contributed by atoms with van der Waals surface area (Å²) < 4.78 is 49.9. The van der Waals surface area contributed by atoms with Crippen LogP contribution in [-0.4, -0.2) is 51.9 Å². The van der Waals surface area contributed by atoms with E-state index < -0.39 is 43.4 Å². The number of amides is 2. The Labute approximate surface area is 125 Å². The third-order valence-electron chi connectivity index (χ3n) is 2.96. The van der Waals surface area contributed by atoms with Crippen LogP contribution >= 0.6 is 11.3 Å². The summed E-state index contributed by atoms with van der Waals surface area (Å²) in [7, 11) is 0. The molecule has 0 spiro atoms. The molecule has 0 unspecified atom stereocenters. The standard InChI is InChI=1S/C11H11F4N3O3S/c12-5-1-7(18(3-5)10(20)21)8(19)17-9-16-6(4-22-9)2-11(13,14)15/h4-5,7H,1-3H2,(H,20,21)(H,16,17,19)/t5-,7+/m1/s1. The number of carboxylic acid groups (broad SMARTS) is 1. The van der Waals surface area contributed by atoms with Crippen molar-refractivity contribution in [3.63, 3.8) is 0 Å². The molecule has 2 amide bonds. The summed E-state index contributed by atoms with van der Waals surface area (Å²) in [6.45, 7) is -0.412. The molecule has 1 aliphatic heterocycles. The molecule has 2 atom stereocenters. The highest BCUT2D eigenvalue weighted by Gasteiger charge is 2.40. The van der Waals surface area contributed by atoms with E-state index in [1.165, 1.54) is 0 Å². The molecule has 1 aromatic heterocycles. The lowest BCUT2D eigenvalue weighted by Crippen LogP contribution is -2.42. The first-order chi connectivity index (χ1) is 10.2. The molecule has 2 rings (SSSR count). The van der Waals surface area contributed by atoms with Gasteiger partial charge in [-0.05, 0) is 0 Å². The molecule has 0 saturated carbocycles. The molecule has 1 aromatic rings. The summed E-state index contributed by atoms with van der Waals surface area (Å²) in [4.78, 5) is 27.1. The van der Waals surface area contributed by atoms with Crippen molar-refractivity contribution in [1.82, 2.24) is 9.88 Å². The van der Waals surface area contributed by atoms with E-state index in [1.807, 2.05) is 0 Å². The molecule has 0 aromatic carbocycles. The monoisotopic (exact) mass is 341 g/mol. The minimum Gasteiger partial charge on any atom is -0.465 e. The van der Waals surface area contributed by atoms with Gasteiger partial charge in [0.25, 0.3) is 0 Å². The van der Waals surface area contributed by atoms with Crippen molar-refractivity contribution >= 4 is 28.5 Å². The van der Waals surface area contributed by atoms with Gasteiger partial charge in [0.05, 0.1) is 18.7 Å². The maximum Gasteiger partial charge on any atom is 0.408 e. The molecule has 22 heavy (non-hydrogen) atoms. The zero-order valence-corrected chi connectivity index (χ0v) is 11.7. The number of carbonyl (C=O) groups is 2. The summed E-state index contributed by atoms with van der Waals surface area (Å²) in [5.41, 5.74) is -0.252. The van der Waals surface area contributed by atoms with E-state index in [2.05, 4.69) is 10.3 Å². The number of nitrogens with zero attached hydrogens (tertiary/aromatic N) is 2. The number of anilines is 1. The molecule has 2 N–H and O–H groups in total. The van der Waals surface area contributed by atoms with E-state index in [1.54, 1.807) is 0 Å². The normalized spacial score (nSPS) is 21.9. The van der Waals surface area contributed by atoms with E-state index in [-0.39, 0.29) is 17.2 Å². The van der Waals surface area contributed by atoms with Gasteiger partial charge in [0.2, 0.25) is 5.91 Å². The predicted molar refractivity (Wildman–Crippen MR) is 68.5 cm³/mol. The smallest absolute Gasteiger partial charge is 0.408 e. The maximum absolute atomic E-state index is 13.3. The number of thiazole rings is 1. The van der Waals surface area contributed by atoms with Crippen LogP contribution in [0.15, 0.2) is 5.38 Å². The zero-order valence-electron chi connectivity index (χ0n) is 10.9. The highest BCUT2D eigenvalue weighted by atomic mass is 32.1. The van der Waals surface area contributed by atoms with Crippen LogP contribution in [-0.2, 0) is 11.2 Å². The fourth-order valence-corrected chi connectivity index (χ4v) is 2.80. The third-order valence-corrected chi connectivity index (χ3v) is 3.77. The number of alkyl halides is 4. The van der Waals surface area contributed by atoms with Crippen molar-refractivity contribution in [2.75, 3.05) is 11.9 Å². The fraction of sp³-hybridized carbons (Fsp3) is 0.545. The van der Waals surface area contributed by atoms with Crippen LogP contribution in [0.4, 0.5) is 27.5 Å². The number of halogens is 4. The second-order valence-electron chi connectivity index (χ2n) is 4.71. The average Bonchev–Trinajstić information content (AvgIpc) is 2.94. The first-order valence-electron chi connectivity index (χ1n) is 6.11. The van der Waals surface area contributed by atoms with Gasteiger partial charge in [0.15, 0.2) is 5.13 Å². The van der Waals surface area contributed by atoms with Gasteiger partial charge in [-0.1, -0.05) is 0 Å². The minimum absolute atomic E-state index is 0.0862. The highest BCUT2D eigenvalue weighted by Crippen LogP contribution is 2.26. The van der Waals surface area contributed by atoms with Crippen LogP contribution in [0.2, 0.25) is 0 Å². The van der Waals surface area contributed by atoms with Gasteiger partial charge in [-0.25, -0.2) is 14.2 Å². The minimum atomic E-state index is -4.41. The maximum atomic E-state index is 13.3. The van der Waals surface area contributed by atoms with Crippen molar-refractivity contribution in [2.24, 2.45) is 0 Å². The fourth-order valence-electron chi connectivity index (χ4n) is 2.08. The molecule has 1 saturated heterocycles. The van der Waals surface area contributed by atoms with Crippen LogP contribution in [0.3, 0.4) is 0 Å². The van der Waals surface area contributed by atoms with Crippen molar-refractivity contribution < 1.29 is 32.3 Å². The molecule has 122 valence electrons. The van der Waals surface area contributed by atoms with E-state index >= 15 is 0 Å². The van der Waals surface area contributed by atoms with Crippen molar-refractivity contribution in [2.45, 2.75) is 31.2 Å². The molecule has 11 heteroatoms. The largest absolute Gasteiger partial charge is 0.465 e. The van der Waals surface area contributed by atoms with Crippen LogP contribution in [0.5, 0.6) is 0 Å². The van der Waals surface area contributed by atoms with Gasteiger partial charge < -0.3 is 10.4 Å². The first kappa shape index (κ1) is 16.5. The third kappa shape index (κ3) is 4.06. The SMILES string of the molecule is O=C(Nc1nc(CC(F)(F)F)cs1)[C@@H]1C[C@@H](F)CN1C(=O)O. The quantitative estimate of drug-likeness (QED) is 0.827. The Bertz CT molecular complexity index is 577. The second kappa shape index (κ2) is 6.07. The van der Waals surface area contributed by atoms with Gasteiger partial charge >= 0.3 is 12.3 Å². The van der Waals surface area contributed by atoms with Gasteiger partial charge in [-0.2, -0.15) is 13.2 Å². The summed E-state index contributed by atoms with van der Waals surface area (Å²) in [6, 6.07) is -1.22. The molecular weight excluding hydrogens is 330 g/mol. The Morgan fingerprint density at radius 3 is 2.77 bits per heavy atom. The molecule has 0 bridgehead atoms. The number of nitrogens with one attached hydrogen (secondary N) is 1. The summed E-state index contributed by atoms with van der Waals surface area (Å²) in [6.07, 6.45) is -8.82. The summed E-state index contributed by atoms with van der Waals surface area (Å²) in [5, 5.41) is 12.2. The lowest BCUT2D eigenvalue weighted by molar-refractivity contribution is -0.127. The Balaban J connectivity index is 2.01. The Morgan fingerprint density at radius 1 is 1.50 bits per heavy atom. The Morgan fingerprint density at radius 2 is 2.18 bits per heavy atom. The lowest BCUT2D eigenvalue weighted by Gasteiger charge is -2.19. The number of hydrogen-bond donors (Lipinski definition) is 2. The molecule has 0 radical (unpaired) electrons. The molecule has 0 aliphatic carbocycles. The number of likely N-dealkylation sites (tertiary alicyclic amines) is 1. The summed E-state index contributed by atoms with van der Waals surface area (Å²) >= 11 is 0.785. The second-order valence-corrected chi connectivity index (χ2v) is 5.57. The van der Waals surface area contributed by atoms with Crippen molar-refractivity contribution in [3.05, 3.63) is 11.1 Å². The van der Waals surface area contributed by atoms with Gasteiger partial charge in [-0.3, -0.25) is 9.69 Å². The van der Waals surface area contributed by atoms with Crippen LogP contribution < -0.4 is 5.32 Å². The van der Waals surface area contributed by atoms with Crippen molar-refractivity contribution in [3.8, 4) is 0 Å².